The topological polar surface area (TPSA) is 50.2 Å². The van der Waals surface area contributed by atoms with E-state index in [1.807, 2.05) is 36.7 Å². The maximum absolute atomic E-state index is 12.5. The fourth-order valence-corrected chi connectivity index (χ4v) is 2.89. The molecule has 130 valence electrons. The number of aryl methyl sites for hydroxylation is 1. The molecule has 24 heavy (non-hydrogen) atoms. The van der Waals surface area contributed by atoms with Crippen LogP contribution in [-0.4, -0.2) is 46.8 Å². The van der Waals surface area contributed by atoms with E-state index in [1.54, 1.807) is 0 Å². The Morgan fingerprint density at radius 2 is 1.83 bits per heavy atom. The van der Waals surface area contributed by atoms with Crippen molar-refractivity contribution in [1.29, 1.82) is 0 Å². The van der Waals surface area contributed by atoms with E-state index in [-0.39, 0.29) is 5.91 Å². The number of nitrogens with one attached hydrogen (secondary N) is 1. The number of hydrogen-bond acceptors (Lipinski definition) is 3. The molecule has 0 fully saturated rings. The molecule has 0 aliphatic carbocycles. The molecule has 0 unspecified atom stereocenters. The van der Waals surface area contributed by atoms with E-state index in [0.29, 0.717) is 18.7 Å². The first-order valence-electron chi connectivity index (χ1n) is 8.65. The van der Waals surface area contributed by atoms with Crippen molar-refractivity contribution in [2.75, 3.05) is 26.2 Å². The van der Waals surface area contributed by atoms with Crippen LogP contribution in [0.3, 0.4) is 0 Å². The summed E-state index contributed by atoms with van der Waals surface area (Å²) in [6, 6.07) is 10.2. The van der Waals surface area contributed by atoms with Crippen LogP contribution in [0.1, 0.15) is 41.2 Å². The van der Waals surface area contributed by atoms with Gasteiger partial charge >= 0.3 is 0 Å². The number of rotatable bonds is 8. The monoisotopic (exact) mass is 328 g/mol. The largest absolute Gasteiger partial charge is 0.351 e. The first-order valence-corrected chi connectivity index (χ1v) is 8.65. The third kappa shape index (κ3) is 4.45. The summed E-state index contributed by atoms with van der Waals surface area (Å²) in [7, 11) is 0. The smallest absolute Gasteiger partial charge is 0.255 e. The Morgan fingerprint density at radius 3 is 2.46 bits per heavy atom. The van der Waals surface area contributed by atoms with Crippen LogP contribution in [-0.2, 0) is 6.54 Å². The SMILES string of the molecule is CCN(CC)CCNC(=O)c1c(C)nn(Cc2ccccc2)c1C. The van der Waals surface area contributed by atoms with Gasteiger partial charge in [0.2, 0.25) is 0 Å². The van der Waals surface area contributed by atoms with Gasteiger partial charge in [0.15, 0.2) is 0 Å². The van der Waals surface area contributed by atoms with Gasteiger partial charge in [0, 0.05) is 18.8 Å². The molecule has 5 nitrogen and oxygen atoms in total. The molecule has 0 saturated carbocycles. The van der Waals surface area contributed by atoms with Gasteiger partial charge in [-0.2, -0.15) is 5.10 Å². The van der Waals surface area contributed by atoms with Gasteiger partial charge in [-0.05, 0) is 32.5 Å². The van der Waals surface area contributed by atoms with Crippen molar-refractivity contribution in [3.05, 3.63) is 52.8 Å². The van der Waals surface area contributed by atoms with Crippen LogP contribution in [0.15, 0.2) is 30.3 Å². The van der Waals surface area contributed by atoms with E-state index < -0.39 is 0 Å². The summed E-state index contributed by atoms with van der Waals surface area (Å²) in [5.41, 5.74) is 3.57. The van der Waals surface area contributed by atoms with E-state index >= 15 is 0 Å². The quantitative estimate of drug-likeness (QED) is 0.810. The lowest BCUT2D eigenvalue weighted by molar-refractivity contribution is 0.0947. The van der Waals surface area contributed by atoms with Crippen molar-refractivity contribution >= 4 is 5.91 Å². The van der Waals surface area contributed by atoms with Gasteiger partial charge in [0.05, 0.1) is 17.8 Å². The second kappa shape index (κ2) is 8.64. The van der Waals surface area contributed by atoms with Crippen LogP contribution < -0.4 is 5.32 Å². The van der Waals surface area contributed by atoms with E-state index in [1.165, 1.54) is 5.56 Å². The Balaban J connectivity index is 2.04. The maximum atomic E-state index is 12.5. The van der Waals surface area contributed by atoms with Crippen LogP contribution in [0.25, 0.3) is 0 Å². The molecule has 0 atom stereocenters. The number of carbonyl (C=O) groups excluding carboxylic acids is 1. The summed E-state index contributed by atoms with van der Waals surface area (Å²) in [5.74, 6) is -0.0310. The van der Waals surface area contributed by atoms with Crippen LogP contribution >= 0.6 is 0 Å². The molecule has 0 aliphatic rings. The average Bonchev–Trinajstić information content (AvgIpc) is 2.86. The first kappa shape index (κ1) is 18.2. The van der Waals surface area contributed by atoms with Crippen LogP contribution in [0.2, 0.25) is 0 Å². The number of hydrogen-bond donors (Lipinski definition) is 1. The summed E-state index contributed by atoms with van der Waals surface area (Å²) < 4.78 is 1.91. The molecular weight excluding hydrogens is 300 g/mol. The molecule has 1 N–H and O–H groups in total. The Morgan fingerprint density at radius 1 is 1.17 bits per heavy atom. The number of likely N-dealkylation sites (N-methyl/N-ethyl adjacent to an activating group) is 1. The van der Waals surface area contributed by atoms with Crippen LogP contribution in [0.5, 0.6) is 0 Å². The minimum atomic E-state index is -0.0310. The summed E-state index contributed by atoms with van der Waals surface area (Å²) in [5, 5.41) is 7.57. The fraction of sp³-hybridized carbons (Fsp3) is 0.474. The van der Waals surface area contributed by atoms with Crippen LogP contribution in [0.4, 0.5) is 0 Å². The highest BCUT2D eigenvalue weighted by molar-refractivity contribution is 5.96. The molecule has 0 saturated heterocycles. The van der Waals surface area contributed by atoms with E-state index in [0.717, 1.165) is 31.0 Å². The van der Waals surface area contributed by atoms with Crippen molar-refractivity contribution in [2.24, 2.45) is 0 Å². The molecular formula is C19H28N4O. The van der Waals surface area contributed by atoms with Gasteiger partial charge in [-0.3, -0.25) is 9.48 Å². The summed E-state index contributed by atoms with van der Waals surface area (Å²) in [4.78, 5) is 14.8. The molecule has 2 rings (SSSR count). The van der Waals surface area contributed by atoms with Gasteiger partial charge in [-0.1, -0.05) is 44.2 Å². The lowest BCUT2D eigenvalue weighted by Crippen LogP contribution is -2.35. The molecule has 0 bridgehead atoms. The summed E-state index contributed by atoms with van der Waals surface area (Å²) in [6.07, 6.45) is 0. The number of carbonyl (C=O) groups is 1. The molecule has 5 heteroatoms. The minimum Gasteiger partial charge on any atom is -0.351 e. The van der Waals surface area contributed by atoms with Gasteiger partial charge in [-0.25, -0.2) is 0 Å². The molecule has 0 spiro atoms. The number of aromatic nitrogens is 2. The highest BCUT2D eigenvalue weighted by Gasteiger charge is 2.18. The lowest BCUT2D eigenvalue weighted by Gasteiger charge is -2.18. The van der Waals surface area contributed by atoms with E-state index in [4.69, 9.17) is 0 Å². The molecule has 2 aromatic rings. The lowest BCUT2D eigenvalue weighted by atomic mass is 10.1. The molecule has 1 amide bonds. The summed E-state index contributed by atoms with van der Waals surface area (Å²) in [6.45, 7) is 12.3. The average molecular weight is 328 g/mol. The number of benzene rings is 1. The Hall–Kier alpha value is -2.14. The van der Waals surface area contributed by atoms with Crippen molar-refractivity contribution in [3.63, 3.8) is 0 Å². The predicted molar refractivity (Wildman–Crippen MR) is 97.4 cm³/mol. The fourth-order valence-electron chi connectivity index (χ4n) is 2.89. The molecule has 0 radical (unpaired) electrons. The van der Waals surface area contributed by atoms with Crippen LogP contribution in [0, 0.1) is 13.8 Å². The second-order valence-electron chi connectivity index (χ2n) is 5.97. The van der Waals surface area contributed by atoms with E-state index in [2.05, 4.69) is 41.3 Å². The van der Waals surface area contributed by atoms with Crippen molar-refractivity contribution in [3.8, 4) is 0 Å². The third-order valence-corrected chi connectivity index (χ3v) is 4.39. The molecule has 1 aromatic carbocycles. The van der Waals surface area contributed by atoms with Crippen molar-refractivity contribution in [1.82, 2.24) is 20.0 Å². The summed E-state index contributed by atoms with van der Waals surface area (Å²) >= 11 is 0. The minimum absolute atomic E-state index is 0.0310. The van der Waals surface area contributed by atoms with Gasteiger partial charge in [0.25, 0.3) is 5.91 Å². The molecule has 1 heterocycles. The number of nitrogens with zero attached hydrogens (tertiary/aromatic N) is 3. The highest BCUT2D eigenvalue weighted by atomic mass is 16.1. The van der Waals surface area contributed by atoms with Crippen molar-refractivity contribution in [2.45, 2.75) is 34.2 Å². The third-order valence-electron chi connectivity index (χ3n) is 4.39. The zero-order valence-electron chi connectivity index (χ0n) is 15.2. The second-order valence-corrected chi connectivity index (χ2v) is 5.97. The Labute approximate surface area is 144 Å². The van der Waals surface area contributed by atoms with Gasteiger partial charge < -0.3 is 10.2 Å². The molecule has 0 aliphatic heterocycles. The first-order chi connectivity index (χ1) is 11.6. The standard InChI is InChI=1S/C19H28N4O/c1-5-22(6-2)13-12-20-19(24)18-15(3)21-23(16(18)4)14-17-10-8-7-9-11-17/h7-11H,5-6,12-14H2,1-4H3,(H,20,24). The normalized spacial score (nSPS) is 11.0. The van der Waals surface area contributed by atoms with Crippen molar-refractivity contribution < 1.29 is 4.79 Å². The van der Waals surface area contributed by atoms with Gasteiger partial charge in [-0.15, -0.1) is 0 Å². The Bertz CT molecular complexity index is 660. The zero-order valence-corrected chi connectivity index (χ0v) is 15.2. The zero-order chi connectivity index (χ0) is 17.5. The molecule has 1 aromatic heterocycles. The highest BCUT2D eigenvalue weighted by Crippen LogP contribution is 2.14. The van der Waals surface area contributed by atoms with Gasteiger partial charge in [0.1, 0.15) is 0 Å². The maximum Gasteiger partial charge on any atom is 0.255 e. The predicted octanol–water partition coefficient (Wildman–Crippen LogP) is 2.62. The Kier molecular flexibility index (Phi) is 6.55. The number of amides is 1. The van der Waals surface area contributed by atoms with E-state index in [9.17, 15) is 4.79 Å².